The number of carbonyl (C=O) groups excluding carboxylic acids is 2. The first-order chi connectivity index (χ1) is 16.7. The Kier molecular flexibility index (Phi) is 9.32. The second kappa shape index (κ2) is 12.2. The van der Waals surface area contributed by atoms with Gasteiger partial charge in [0.15, 0.2) is 0 Å². The van der Waals surface area contributed by atoms with Crippen molar-refractivity contribution in [2.24, 2.45) is 0 Å². The molecule has 3 rings (SSSR count). The van der Waals surface area contributed by atoms with Crippen molar-refractivity contribution in [2.75, 3.05) is 17.1 Å². The van der Waals surface area contributed by atoms with Crippen molar-refractivity contribution in [3.05, 3.63) is 65.7 Å². The fraction of sp³-hybridized carbons (Fsp3) is 0.481. The Morgan fingerprint density at radius 2 is 1.66 bits per heavy atom. The Labute approximate surface area is 209 Å². The van der Waals surface area contributed by atoms with Gasteiger partial charge in [-0.3, -0.25) is 13.9 Å². The van der Waals surface area contributed by atoms with E-state index < -0.39 is 16.1 Å². The molecule has 0 aromatic heterocycles. The average molecular weight is 500 g/mol. The summed E-state index contributed by atoms with van der Waals surface area (Å²) in [5.74, 6) is -0.301. The van der Waals surface area contributed by atoms with Crippen LogP contribution in [-0.2, 0) is 26.2 Å². The molecule has 0 heterocycles. The maximum absolute atomic E-state index is 13.4. The van der Waals surface area contributed by atoms with Crippen LogP contribution in [0.15, 0.2) is 54.6 Å². The number of aryl methyl sites for hydroxylation is 1. The molecule has 0 radical (unpaired) electrons. The van der Waals surface area contributed by atoms with E-state index in [1.165, 1.54) is 10.6 Å². The Bertz CT molecular complexity index is 1100. The molecule has 1 N–H and O–H groups in total. The number of benzene rings is 2. The molecule has 1 fully saturated rings. The van der Waals surface area contributed by atoms with Crippen LogP contribution < -0.4 is 9.62 Å². The van der Waals surface area contributed by atoms with Crippen molar-refractivity contribution < 1.29 is 18.0 Å². The maximum atomic E-state index is 13.4. The van der Waals surface area contributed by atoms with E-state index in [9.17, 15) is 18.0 Å². The van der Waals surface area contributed by atoms with Crippen LogP contribution >= 0.6 is 0 Å². The van der Waals surface area contributed by atoms with Crippen LogP contribution in [0.5, 0.6) is 0 Å². The molecule has 35 heavy (non-hydrogen) atoms. The number of nitrogens with one attached hydrogen (secondary N) is 1. The minimum atomic E-state index is -3.49. The molecule has 0 saturated heterocycles. The van der Waals surface area contributed by atoms with Crippen LogP contribution in [0.1, 0.15) is 56.6 Å². The highest BCUT2D eigenvalue weighted by molar-refractivity contribution is 7.92. The van der Waals surface area contributed by atoms with E-state index in [1.807, 2.05) is 37.3 Å². The fourth-order valence-corrected chi connectivity index (χ4v) is 5.51. The van der Waals surface area contributed by atoms with Crippen molar-refractivity contribution >= 4 is 27.5 Å². The smallest absolute Gasteiger partial charge is 0.242 e. The largest absolute Gasteiger partial charge is 0.352 e. The first-order valence-electron chi connectivity index (χ1n) is 12.3. The van der Waals surface area contributed by atoms with Gasteiger partial charge in [-0.2, -0.15) is 0 Å². The van der Waals surface area contributed by atoms with Gasteiger partial charge in [-0.15, -0.1) is 0 Å². The second-order valence-corrected chi connectivity index (χ2v) is 11.3. The molecule has 2 aromatic rings. The average Bonchev–Trinajstić information content (AvgIpc) is 3.33. The van der Waals surface area contributed by atoms with E-state index in [4.69, 9.17) is 0 Å². The summed E-state index contributed by atoms with van der Waals surface area (Å²) in [5, 5.41) is 3.11. The summed E-state index contributed by atoms with van der Waals surface area (Å²) in [6, 6.07) is 16.3. The minimum absolute atomic E-state index is 0.138. The SMILES string of the molecule is Cc1ccccc1CN(C(=O)CCCN(c1ccccc1)S(C)(=O)=O)C(C)C(=O)NC1CCCC1. The zero-order valence-corrected chi connectivity index (χ0v) is 21.8. The third kappa shape index (κ3) is 7.56. The number of anilines is 1. The normalized spacial score (nSPS) is 14.9. The summed E-state index contributed by atoms with van der Waals surface area (Å²) < 4.78 is 26.0. The van der Waals surface area contributed by atoms with Crippen LogP contribution in [0.4, 0.5) is 5.69 Å². The van der Waals surface area contributed by atoms with E-state index in [0.717, 1.165) is 36.8 Å². The molecule has 1 aliphatic rings. The highest BCUT2D eigenvalue weighted by Crippen LogP contribution is 2.21. The number of para-hydroxylation sites is 1. The number of carbonyl (C=O) groups is 2. The van der Waals surface area contributed by atoms with E-state index in [0.29, 0.717) is 18.7 Å². The van der Waals surface area contributed by atoms with Crippen molar-refractivity contribution in [3.63, 3.8) is 0 Å². The number of nitrogens with zero attached hydrogens (tertiary/aromatic N) is 2. The lowest BCUT2D eigenvalue weighted by Gasteiger charge is -2.30. The minimum Gasteiger partial charge on any atom is -0.352 e. The molecule has 1 atom stereocenters. The first kappa shape index (κ1) is 26.7. The standard InChI is InChI=1S/C27H37N3O4S/c1-21-12-7-8-13-23(21)20-29(22(2)27(32)28-24-14-9-10-15-24)26(31)18-11-19-30(35(3,33)34)25-16-5-4-6-17-25/h4-8,12-13,16-17,22,24H,9-11,14-15,18-20H2,1-3H3,(H,28,32). The third-order valence-corrected chi connectivity index (χ3v) is 7.86. The maximum Gasteiger partial charge on any atom is 0.242 e. The monoisotopic (exact) mass is 499 g/mol. The molecule has 1 unspecified atom stereocenters. The number of amides is 2. The lowest BCUT2D eigenvalue weighted by atomic mass is 10.1. The molecule has 1 saturated carbocycles. The van der Waals surface area contributed by atoms with E-state index in [2.05, 4.69) is 5.32 Å². The molecule has 7 nitrogen and oxygen atoms in total. The summed E-state index contributed by atoms with van der Waals surface area (Å²) in [6.45, 7) is 4.28. The zero-order valence-electron chi connectivity index (χ0n) is 20.9. The highest BCUT2D eigenvalue weighted by Gasteiger charge is 2.29. The summed E-state index contributed by atoms with van der Waals surface area (Å²) in [4.78, 5) is 28.0. The van der Waals surface area contributed by atoms with E-state index in [1.54, 1.807) is 36.1 Å². The number of hydrogen-bond acceptors (Lipinski definition) is 4. The summed E-state index contributed by atoms with van der Waals surface area (Å²) in [6.07, 6.45) is 5.85. The molecule has 2 amide bonds. The van der Waals surface area contributed by atoms with Gasteiger partial charge in [-0.25, -0.2) is 8.42 Å². The van der Waals surface area contributed by atoms with Gasteiger partial charge in [-0.1, -0.05) is 55.3 Å². The third-order valence-electron chi connectivity index (χ3n) is 6.67. The molecule has 0 bridgehead atoms. The summed E-state index contributed by atoms with van der Waals surface area (Å²) >= 11 is 0. The topological polar surface area (TPSA) is 86.8 Å². The molecule has 190 valence electrons. The number of sulfonamides is 1. The van der Waals surface area contributed by atoms with Crippen molar-refractivity contribution in [1.82, 2.24) is 10.2 Å². The van der Waals surface area contributed by atoms with Crippen LogP contribution in [0.3, 0.4) is 0 Å². The molecule has 0 aliphatic heterocycles. The van der Waals surface area contributed by atoms with Crippen LogP contribution in [0, 0.1) is 6.92 Å². The molecule has 0 spiro atoms. The van der Waals surface area contributed by atoms with E-state index in [-0.39, 0.29) is 30.8 Å². The van der Waals surface area contributed by atoms with Gasteiger partial charge in [0.2, 0.25) is 21.8 Å². The Hall–Kier alpha value is -2.87. The van der Waals surface area contributed by atoms with Gasteiger partial charge < -0.3 is 10.2 Å². The van der Waals surface area contributed by atoms with Gasteiger partial charge in [0, 0.05) is 25.6 Å². The van der Waals surface area contributed by atoms with Crippen molar-refractivity contribution in [3.8, 4) is 0 Å². The van der Waals surface area contributed by atoms with Gasteiger partial charge >= 0.3 is 0 Å². The molecular formula is C27H37N3O4S. The lowest BCUT2D eigenvalue weighted by molar-refractivity contribution is -0.141. The first-order valence-corrected chi connectivity index (χ1v) is 14.2. The van der Waals surface area contributed by atoms with Crippen molar-refractivity contribution in [1.29, 1.82) is 0 Å². The summed E-state index contributed by atoms with van der Waals surface area (Å²) in [5.41, 5.74) is 2.62. The van der Waals surface area contributed by atoms with Crippen LogP contribution in [0.25, 0.3) is 0 Å². The van der Waals surface area contributed by atoms with Crippen molar-refractivity contribution in [2.45, 2.75) is 71.0 Å². The highest BCUT2D eigenvalue weighted by atomic mass is 32.2. The van der Waals surface area contributed by atoms with Gasteiger partial charge in [0.25, 0.3) is 0 Å². The fourth-order valence-electron chi connectivity index (χ4n) is 4.54. The van der Waals surface area contributed by atoms with Gasteiger partial charge in [0.05, 0.1) is 11.9 Å². The molecule has 1 aliphatic carbocycles. The summed E-state index contributed by atoms with van der Waals surface area (Å²) in [7, 11) is -3.49. The lowest BCUT2D eigenvalue weighted by Crippen LogP contribution is -2.49. The molecule has 2 aromatic carbocycles. The Morgan fingerprint density at radius 3 is 2.29 bits per heavy atom. The predicted octanol–water partition coefficient (Wildman–Crippen LogP) is 4.02. The second-order valence-electron chi connectivity index (χ2n) is 9.39. The Morgan fingerprint density at radius 1 is 1.03 bits per heavy atom. The van der Waals surface area contributed by atoms with Gasteiger partial charge in [-0.05, 0) is 56.4 Å². The zero-order chi connectivity index (χ0) is 25.4. The van der Waals surface area contributed by atoms with Crippen LogP contribution in [-0.4, -0.2) is 50.0 Å². The number of rotatable bonds is 11. The van der Waals surface area contributed by atoms with Gasteiger partial charge in [0.1, 0.15) is 6.04 Å². The molecular weight excluding hydrogens is 462 g/mol. The Balaban J connectivity index is 1.71. The van der Waals surface area contributed by atoms with E-state index >= 15 is 0 Å². The molecule has 8 heteroatoms. The van der Waals surface area contributed by atoms with Crippen LogP contribution in [0.2, 0.25) is 0 Å². The number of hydrogen-bond donors (Lipinski definition) is 1. The quantitative estimate of drug-likeness (QED) is 0.506. The predicted molar refractivity (Wildman–Crippen MR) is 139 cm³/mol.